The number of imidazole rings is 1. The molecule has 6 heteroatoms. The molecule has 0 fully saturated rings. The zero-order chi connectivity index (χ0) is 22.2. The molecule has 0 aliphatic rings. The van der Waals surface area contributed by atoms with Crippen LogP contribution in [-0.4, -0.2) is 21.2 Å². The zero-order valence-corrected chi connectivity index (χ0v) is 18.2. The van der Waals surface area contributed by atoms with Crippen molar-refractivity contribution in [3.63, 3.8) is 0 Å². The van der Waals surface area contributed by atoms with Gasteiger partial charge in [-0.1, -0.05) is 24.3 Å². The maximum absolute atomic E-state index is 12.9. The molecule has 0 atom stereocenters. The number of pyridine rings is 1. The van der Waals surface area contributed by atoms with Gasteiger partial charge in [0.25, 0.3) is 0 Å². The summed E-state index contributed by atoms with van der Waals surface area (Å²) in [6.07, 6.45) is 3.57. The number of benzene rings is 2. The van der Waals surface area contributed by atoms with Crippen molar-refractivity contribution in [1.29, 1.82) is 0 Å². The first-order valence-corrected chi connectivity index (χ1v) is 10.1. The van der Waals surface area contributed by atoms with Gasteiger partial charge in [0.2, 0.25) is 0 Å². The van der Waals surface area contributed by atoms with Crippen molar-refractivity contribution >= 4 is 0 Å². The lowest BCUT2D eigenvalue weighted by molar-refractivity contribution is 0.415. The molecule has 31 heavy (non-hydrogen) atoms. The minimum atomic E-state index is -0.447. The van der Waals surface area contributed by atoms with Crippen molar-refractivity contribution < 1.29 is 4.74 Å². The second-order valence-corrected chi connectivity index (χ2v) is 8.17. The molecule has 0 amide bonds. The highest BCUT2D eigenvalue weighted by Crippen LogP contribution is 2.27. The molecule has 0 spiro atoms. The molecule has 0 saturated carbocycles. The predicted octanol–water partition coefficient (Wildman–Crippen LogP) is 4.11. The fourth-order valence-electron chi connectivity index (χ4n) is 3.56. The van der Waals surface area contributed by atoms with E-state index in [1.165, 1.54) is 0 Å². The van der Waals surface area contributed by atoms with E-state index in [1.54, 1.807) is 29.5 Å². The van der Waals surface area contributed by atoms with Crippen LogP contribution in [0, 0.1) is 0 Å². The van der Waals surface area contributed by atoms with Crippen LogP contribution in [0.2, 0.25) is 0 Å². The van der Waals surface area contributed by atoms with E-state index >= 15 is 0 Å². The summed E-state index contributed by atoms with van der Waals surface area (Å²) in [6.45, 7) is 3.91. The third-order valence-corrected chi connectivity index (χ3v) is 5.37. The number of ether oxygens (including phenoxy) is 1. The van der Waals surface area contributed by atoms with E-state index in [2.05, 4.69) is 4.98 Å². The van der Waals surface area contributed by atoms with Gasteiger partial charge in [-0.05, 0) is 66.9 Å². The Morgan fingerprint density at radius 1 is 0.968 bits per heavy atom. The Labute approximate surface area is 181 Å². The fourth-order valence-corrected chi connectivity index (χ4v) is 3.56. The van der Waals surface area contributed by atoms with Crippen molar-refractivity contribution in [3.8, 4) is 34.0 Å². The van der Waals surface area contributed by atoms with Crippen LogP contribution in [0.4, 0.5) is 0 Å². The summed E-state index contributed by atoms with van der Waals surface area (Å²) >= 11 is 0. The van der Waals surface area contributed by atoms with Gasteiger partial charge in [0.15, 0.2) is 0 Å². The van der Waals surface area contributed by atoms with Gasteiger partial charge < -0.3 is 15.0 Å². The van der Waals surface area contributed by atoms with Crippen molar-refractivity contribution in [2.45, 2.75) is 19.4 Å². The summed E-state index contributed by atoms with van der Waals surface area (Å²) in [4.78, 5) is 17.5. The van der Waals surface area contributed by atoms with Gasteiger partial charge >= 0.3 is 5.69 Å². The zero-order valence-electron chi connectivity index (χ0n) is 18.2. The molecule has 2 heterocycles. The second kappa shape index (κ2) is 7.89. The number of hydrogen-bond donors (Lipinski definition) is 1. The Balaban J connectivity index is 1.79. The van der Waals surface area contributed by atoms with Crippen LogP contribution >= 0.6 is 0 Å². The number of rotatable bonds is 5. The van der Waals surface area contributed by atoms with Gasteiger partial charge in [-0.25, -0.2) is 4.79 Å². The van der Waals surface area contributed by atoms with E-state index in [0.717, 1.165) is 33.8 Å². The Morgan fingerprint density at radius 3 is 2.26 bits per heavy atom. The van der Waals surface area contributed by atoms with Crippen LogP contribution in [-0.2, 0) is 12.6 Å². The summed E-state index contributed by atoms with van der Waals surface area (Å²) in [7, 11) is 3.39. The van der Waals surface area contributed by atoms with Crippen molar-refractivity contribution in [2.24, 2.45) is 12.8 Å². The third kappa shape index (κ3) is 4.02. The summed E-state index contributed by atoms with van der Waals surface area (Å²) < 4.78 is 8.49. The number of methoxy groups -OCH3 is 1. The minimum absolute atomic E-state index is 0.133. The summed E-state index contributed by atoms with van der Waals surface area (Å²) in [5.41, 5.74) is 10.9. The highest BCUT2D eigenvalue weighted by Gasteiger charge is 2.17. The van der Waals surface area contributed by atoms with E-state index in [1.807, 2.05) is 80.7 Å². The molecule has 0 bridgehead atoms. The SMILES string of the molecule is COc1ccc(-c2ccnc(-c3cn(C)c(=O)n3-c3ccc(C(C)(C)N)cc3)c2)cc1. The quantitative estimate of drug-likeness (QED) is 0.533. The molecule has 4 aromatic rings. The van der Waals surface area contributed by atoms with Gasteiger partial charge in [-0.2, -0.15) is 0 Å². The lowest BCUT2D eigenvalue weighted by Crippen LogP contribution is -2.28. The van der Waals surface area contributed by atoms with Crippen molar-refractivity contribution in [3.05, 3.63) is 89.1 Å². The molecule has 2 N–H and O–H groups in total. The van der Waals surface area contributed by atoms with Crippen molar-refractivity contribution in [1.82, 2.24) is 14.1 Å². The van der Waals surface area contributed by atoms with Gasteiger partial charge in [0.05, 0.1) is 24.2 Å². The van der Waals surface area contributed by atoms with Crippen LogP contribution in [0.25, 0.3) is 28.2 Å². The van der Waals surface area contributed by atoms with Crippen LogP contribution in [0.3, 0.4) is 0 Å². The molecular formula is C25H26N4O2. The number of nitrogens with two attached hydrogens (primary N) is 1. The lowest BCUT2D eigenvalue weighted by atomic mass is 9.95. The molecular weight excluding hydrogens is 388 g/mol. The number of nitrogens with zero attached hydrogens (tertiary/aromatic N) is 3. The van der Waals surface area contributed by atoms with E-state index in [9.17, 15) is 4.79 Å². The summed E-state index contributed by atoms with van der Waals surface area (Å²) in [5, 5.41) is 0. The Morgan fingerprint density at radius 2 is 1.65 bits per heavy atom. The fraction of sp³-hybridized carbons (Fsp3) is 0.200. The largest absolute Gasteiger partial charge is 0.497 e. The van der Waals surface area contributed by atoms with Gasteiger partial charge in [-0.15, -0.1) is 0 Å². The molecule has 0 aliphatic heterocycles. The van der Waals surface area contributed by atoms with Crippen LogP contribution in [0.5, 0.6) is 5.75 Å². The highest BCUT2D eigenvalue weighted by atomic mass is 16.5. The summed E-state index contributed by atoms with van der Waals surface area (Å²) in [6, 6.07) is 19.6. The van der Waals surface area contributed by atoms with Gasteiger partial charge in [0.1, 0.15) is 5.75 Å². The van der Waals surface area contributed by atoms with Gasteiger partial charge in [-0.3, -0.25) is 9.55 Å². The minimum Gasteiger partial charge on any atom is -0.497 e. The molecule has 0 aliphatic carbocycles. The van der Waals surface area contributed by atoms with Crippen LogP contribution in [0.15, 0.2) is 77.9 Å². The molecule has 2 aromatic heterocycles. The first-order chi connectivity index (χ1) is 14.8. The molecule has 158 valence electrons. The van der Waals surface area contributed by atoms with Gasteiger partial charge in [0, 0.05) is 25.0 Å². The maximum Gasteiger partial charge on any atom is 0.333 e. The standard InChI is InChI=1S/C25H26N4O2/c1-25(2,26)19-7-9-20(10-8-19)29-23(16-28(3)24(29)30)22-15-18(13-14-27-22)17-5-11-21(31-4)12-6-17/h5-16H,26H2,1-4H3. The Kier molecular flexibility index (Phi) is 5.25. The van der Waals surface area contributed by atoms with E-state index in [-0.39, 0.29) is 5.69 Å². The Bertz CT molecular complexity index is 1260. The third-order valence-electron chi connectivity index (χ3n) is 5.37. The number of aryl methyl sites for hydroxylation is 1. The molecule has 6 nitrogen and oxygen atoms in total. The van der Waals surface area contributed by atoms with E-state index < -0.39 is 5.54 Å². The maximum atomic E-state index is 12.9. The van der Waals surface area contributed by atoms with E-state index in [4.69, 9.17) is 10.5 Å². The van der Waals surface area contributed by atoms with Crippen LogP contribution in [0.1, 0.15) is 19.4 Å². The first-order valence-electron chi connectivity index (χ1n) is 10.1. The molecule has 0 unspecified atom stereocenters. The molecule has 2 aromatic carbocycles. The Hall–Kier alpha value is -3.64. The smallest absolute Gasteiger partial charge is 0.333 e. The second-order valence-electron chi connectivity index (χ2n) is 8.17. The normalized spacial score (nSPS) is 11.5. The molecule has 4 rings (SSSR count). The number of aromatic nitrogens is 3. The topological polar surface area (TPSA) is 75.1 Å². The lowest BCUT2D eigenvalue weighted by Gasteiger charge is -2.19. The average Bonchev–Trinajstić information content (AvgIpc) is 3.08. The van der Waals surface area contributed by atoms with Crippen molar-refractivity contribution in [2.75, 3.05) is 7.11 Å². The number of hydrogen-bond acceptors (Lipinski definition) is 4. The highest BCUT2D eigenvalue weighted by molar-refractivity contribution is 5.70. The molecule has 0 radical (unpaired) electrons. The monoisotopic (exact) mass is 414 g/mol. The predicted molar refractivity (Wildman–Crippen MR) is 123 cm³/mol. The average molecular weight is 415 g/mol. The first kappa shape index (κ1) is 20.6. The van der Waals surface area contributed by atoms with E-state index in [0.29, 0.717) is 5.69 Å². The molecule has 0 saturated heterocycles. The summed E-state index contributed by atoms with van der Waals surface area (Å²) in [5.74, 6) is 0.805. The van der Waals surface area contributed by atoms with Crippen LogP contribution < -0.4 is 16.2 Å².